The molecule has 0 heterocycles. The first-order valence-electron chi connectivity index (χ1n) is 9.39. The summed E-state index contributed by atoms with van der Waals surface area (Å²) in [5.74, 6) is -0.0134. The second-order valence-electron chi connectivity index (χ2n) is 7.18. The number of amides is 1. The third-order valence-corrected chi connectivity index (χ3v) is 6.84. The number of nitrogens with one attached hydrogen (secondary N) is 1. The van der Waals surface area contributed by atoms with Gasteiger partial charge in [0.2, 0.25) is 0 Å². The first kappa shape index (κ1) is 23.6. The van der Waals surface area contributed by atoms with Crippen molar-refractivity contribution < 1.29 is 9.59 Å². The van der Waals surface area contributed by atoms with Gasteiger partial charge in [-0.05, 0) is 40.6 Å². The highest BCUT2D eigenvalue weighted by Crippen LogP contribution is 2.37. The third kappa shape index (κ3) is 5.81. The lowest BCUT2D eigenvalue weighted by molar-refractivity contribution is 0.0804. The van der Waals surface area contributed by atoms with Crippen LogP contribution in [0.5, 0.6) is 0 Å². The molecule has 4 nitrogen and oxygen atoms in total. The molecule has 0 aliphatic heterocycles. The number of likely N-dealkylation sites (N-methyl/N-ethyl adjacent to an activating group) is 1. The zero-order chi connectivity index (χ0) is 21.7. The fraction of sp³-hybridized carbons (Fsp3) is 0.273. The normalized spacial score (nSPS) is 21.1. The number of allylic oxidation sites excluding steroid dienone is 5. The van der Waals surface area contributed by atoms with Gasteiger partial charge < -0.3 is 9.62 Å². The van der Waals surface area contributed by atoms with E-state index in [9.17, 15) is 9.59 Å². The maximum Gasteiger partial charge on any atom is 0.254 e. The zero-order valence-corrected chi connectivity index (χ0v) is 21.6. The number of alkyl halides is 1. The molecule has 3 rings (SSSR count). The molecule has 0 aromatic heterocycles. The van der Waals surface area contributed by atoms with E-state index in [1.54, 1.807) is 36.2 Å². The minimum Gasteiger partial charge on any atom is -0.337 e. The van der Waals surface area contributed by atoms with E-state index in [1.807, 2.05) is 0 Å². The number of rotatable bonds is 7. The van der Waals surface area contributed by atoms with Crippen molar-refractivity contribution in [3.8, 4) is 0 Å². The molecule has 158 valence electrons. The average Bonchev–Trinajstić information content (AvgIpc) is 2.74. The van der Waals surface area contributed by atoms with E-state index in [1.165, 1.54) is 14.7 Å². The van der Waals surface area contributed by atoms with E-state index in [2.05, 4.69) is 66.2 Å². The largest absolute Gasteiger partial charge is 0.337 e. The highest BCUT2D eigenvalue weighted by Gasteiger charge is 2.25. The van der Waals surface area contributed by atoms with Gasteiger partial charge in [0.05, 0.1) is 10.9 Å². The molecule has 0 saturated carbocycles. The number of carbonyl (C=O) groups excluding carboxylic acids is 2. The van der Waals surface area contributed by atoms with Gasteiger partial charge in [-0.1, -0.05) is 52.4 Å². The number of carbonyl (C=O) groups is 2. The van der Waals surface area contributed by atoms with E-state index in [0.717, 1.165) is 34.9 Å². The van der Waals surface area contributed by atoms with Crippen molar-refractivity contribution in [2.45, 2.75) is 18.2 Å². The number of nitrogens with zero attached hydrogens (tertiary/aromatic N) is 1. The zero-order valence-electron chi connectivity index (χ0n) is 16.3. The second kappa shape index (κ2) is 11.0. The standard InChI is InChI=1S/C22H21BrClIN2O2S/c1-27(22(29)19-5-3-2-4-15(19)13-28)12-14-8-16(10-17(23)9-14)20-11-18(24)6-7-21(20)26-30-25/h2-5,7-9,11,13,16,18,26H,6,10,12H2,1H3. The molecule has 0 radical (unpaired) electrons. The summed E-state index contributed by atoms with van der Waals surface area (Å²) in [5, 5.41) is -0.0182. The molecule has 8 heteroatoms. The summed E-state index contributed by atoms with van der Waals surface area (Å²) >= 11 is 12.3. The summed E-state index contributed by atoms with van der Waals surface area (Å²) < 4.78 is 4.43. The van der Waals surface area contributed by atoms with Crippen molar-refractivity contribution in [1.82, 2.24) is 9.62 Å². The molecule has 0 saturated heterocycles. The Hall–Kier alpha value is -1.03. The number of hydrogen-bond acceptors (Lipinski definition) is 4. The van der Waals surface area contributed by atoms with Gasteiger partial charge in [0, 0.05) is 61.1 Å². The Kier molecular flexibility index (Phi) is 8.68. The van der Waals surface area contributed by atoms with Crippen LogP contribution in [0.1, 0.15) is 33.6 Å². The van der Waals surface area contributed by atoms with Crippen LogP contribution < -0.4 is 4.72 Å². The topological polar surface area (TPSA) is 49.4 Å². The van der Waals surface area contributed by atoms with Crippen molar-refractivity contribution in [2.24, 2.45) is 5.92 Å². The van der Waals surface area contributed by atoms with Gasteiger partial charge in [-0.25, -0.2) is 0 Å². The predicted octanol–water partition coefficient (Wildman–Crippen LogP) is 6.21. The monoisotopic (exact) mass is 618 g/mol. The molecule has 1 aromatic rings. The summed E-state index contributed by atoms with van der Waals surface area (Å²) in [7, 11) is 3.29. The first-order valence-corrected chi connectivity index (χ1v) is 14.0. The van der Waals surface area contributed by atoms with Crippen LogP contribution >= 0.6 is 57.9 Å². The molecule has 1 aromatic carbocycles. The van der Waals surface area contributed by atoms with Crippen LogP contribution in [0.3, 0.4) is 0 Å². The van der Waals surface area contributed by atoms with Gasteiger partial charge in [0.15, 0.2) is 6.29 Å². The van der Waals surface area contributed by atoms with Crippen molar-refractivity contribution in [2.75, 3.05) is 13.6 Å². The average molecular weight is 620 g/mol. The molecule has 2 atom stereocenters. The summed E-state index contributed by atoms with van der Waals surface area (Å²) in [6, 6.07) is 6.86. The Morgan fingerprint density at radius 2 is 2.17 bits per heavy atom. The van der Waals surface area contributed by atoms with Crippen LogP contribution in [0.25, 0.3) is 0 Å². The number of aldehydes is 1. The van der Waals surface area contributed by atoms with Gasteiger partial charge in [-0.2, -0.15) is 0 Å². The molecular weight excluding hydrogens is 599 g/mol. The second-order valence-corrected chi connectivity index (χ2v) is 10.4. The van der Waals surface area contributed by atoms with Crippen molar-refractivity contribution in [3.63, 3.8) is 0 Å². The van der Waals surface area contributed by atoms with Gasteiger partial charge in [0.1, 0.15) is 0 Å². The van der Waals surface area contributed by atoms with Crippen LogP contribution in [-0.4, -0.2) is 36.1 Å². The Morgan fingerprint density at radius 3 is 2.90 bits per heavy atom. The van der Waals surface area contributed by atoms with Crippen LogP contribution in [0, 0.1) is 5.92 Å². The lowest BCUT2D eigenvalue weighted by Gasteiger charge is -2.28. The van der Waals surface area contributed by atoms with E-state index in [4.69, 9.17) is 11.6 Å². The quantitative estimate of drug-likeness (QED) is 0.171. The van der Waals surface area contributed by atoms with Gasteiger partial charge >= 0.3 is 0 Å². The SMILES string of the molecule is CN(CC1=CC(C2=CC(Cl)CC=C2NSI)CC(Br)=C1)C(=O)c1ccccc1C=O. The molecule has 2 aliphatic carbocycles. The first-order chi connectivity index (χ1) is 14.4. The van der Waals surface area contributed by atoms with Crippen molar-refractivity contribution >= 4 is 70.0 Å². The third-order valence-electron chi connectivity index (χ3n) is 5.02. The molecule has 0 fully saturated rings. The Bertz CT molecular complexity index is 960. The molecule has 2 unspecified atom stereocenters. The van der Waals surface area contributed by atoms with Crippen LogP contribution in [-0.2, 0) is 0 Å². The number of halogens is 3. The number of hydrogen-bond donors (Lipinski definition) is 1. The maximum atomic E-state index is 12.9. The fourth-order valence-electron chi connectivity index (χ4n) is 3.65. The maximum absolute atomic E-state index is 12.9. The van der Waals surface area contributed by atoms with Gasteiger partial charge in [0.25, 0.3) is 5.91 Å². The smallest absolute Gasteiger partial charge is 0.254 e. The highest BCUT2D eigenvalue weighted by atomic mass is 127. The van der Waals surface area contributed by atoms with Crippen molar-refractivity contribution in [1.29, 1.82) is 0 Å². The van der Waals surface area contributed by atoms with Crippen molar-refractivity contribution in [3.05, 3.63) is 81.0 Å². The highest BCUT2D eigenvalue weighted by molar-refractivity contribution is 14.2. The Morgan fingerprint density at radius 1 is 1.40 bits per heavy atom. The molecule has 1 amide bonds. The Balaban J connectivity index is 1.81. The summed E-state index contributed by atoms with van der Waals surface area (Å²) in [6.07, 6.45) is 10.9. The molecule has 2 aliphatic rings. The van der Waals surface area contributed by atoms with E-state index in [-0.39, 0.29) is 17.2 Å². The van der Waals surface area contributed by atoms with Gasteiger partial charge in [-0.3, -0.25) is 9.59 Å². The van der Waals surface area contributed by atoms with E-state index < -0.39 is 0 Å². The number of benzene rings is 1. The molecule has 30 heavy (non-hydrogen) atoms. The lowest BCUT2D eigenvalue weighted by atomic mass is 9.85. The van der Waals surface area contributed by atoms with Crippen LogP contribution in [0.4, 0.5) is 0 Å². The van der Waals surface area contributed by atoms with E-state index in [0.29, 0.717) is 17.7 Å². The van der Waals surface area contributed by atoms with E-state index >= 15 is 0 Å². The summed E-state index contributed by atoms with van der Waals surface area (Å²) in [6.45, 7) is 0.447. The summed E-state index contributed by atoms with van der Waals surface area (Å²) in [4.78, 5) is 25.8. The van der Waals surface area contributed by atoms with Crippen LogP contribution in [0.2, 0.25) is 0 Å². The Labute approximate surface area is 206 Å². The minimum absolute atomic E-state index is 0.0182. The van der Waals surface area contributed by atoms with Gasteiger partial charge in [-0.15, -0.1) is 11.6 Å². The van der Waals surface area contributed by atoms with Crippen LogP contribution in [0.15, 0.2) is 69.9 Å². The predicted molar refractivity (Wildman–Crippen MR) is 137 cm³/mol. The molecular formula is C22H21BrClIN2O2S. The summed E-state index contributed by atoms with van der Waals surface area (Å²) in [5.41, 5.74) is 4.13. The molecule has 0 spiro atoms. The fourth-order valence-corrected chi connectivity index (χ4v) is 5.51. The minimum atomic E-state index is -0.175. The molecule has 1 N–H and O–H groups in total. The molecule has 0 bridgehead atoms. The lowest BCUT2D eigenvalue weighted by Crippen LogP contribution is -2.30.